The average molecular weight is 168 g/mol. The zero-order chi connectivity index (χ0) is 9.23. The number of hydrogen-bond acceptors (Lipinski definition) is 3. The van der Waals surface area contributed by atoms with Gasteiger partial charge in [0.15, 0.2) is 0 Å². The molecule has 0 aliphatic carbocycles. The normalized spacial score (nSPS) is 8.50. The first kappa shape index (κ1) is 10.9. The number of anilines is 1. The van der Waals surface area contributed by atoms with E-state index in [1.807, 2.05) is 26.0 Å². The first-order valence-electron chi connectivity index (χ1n) is 4.05. The van der Waals surface area contributed by atoms with E-state index in [-0.39, 0.29) is 0 Å². The van der Waals surface area contributed by atoms with Gasteiger partial charge in [0.2, 0.25) is 0 Å². The van der Waals surface area contributed by atoms with Crippen molar-refractivity contribution in [2.45, 2.75) is 13.8 Å². The van der Waals surface area contributed by atoms with E-state index in [2.05, 4.69) is 4.98 Å². The van der Waals surface area contributed by atoms with Crippen molar-refractivity contribution in [2.24, 2.45) is 0 Å². The topological polar surface area (TPSA) is 48.1 Å². The van der Waals surface area contributed by atoms with Crippen LogP contribution in [0.5, 0.6) is 0 Å². The fourth-order valence-electron chi connectivity index (χ4n) is 0.580. The predicted octanol–water partition coefficient (Wildman–Crippen LogP) is 1.71. The van der Waals surface area contributed by atoms with E-state index in [0.29, 0.717) is 5.82 Å². The van der Waals surface area contributed by atoms with E-state index in [4.69, 9.17) is 10.5 Å². The zero-order valence-electron chi connectivity index (χ0n) is 7.66. The lowest BCUT2D eigenvalue weighted by Gasteiger charge is -1.86. The summed E-state index contributed by atoms with van der Waals surface area (Å²) in [5, 5.41) is 0. The standard InChI is InChI=1S/C5H6N2.C4H10O/c6-5-3-1-2-4-7-5;1-3-5-4-2/h1-4H,(H2,6,7);3-4H2,1-2H3. The number of nitrogens with zero attached hydrogens (tertiary/aromatic N) is 1. The van der Waals surface area contributed by atoms with Gasteiger partial charge in [0, 0.05) is 19.4 Å². The summed E-state index contributed by atoms with van der Waals surface area (Å²) in [4.78, 5) is 3.76. The van der Waals surface area contributed by atoms with Crippen LogP contribution in [0.2, 0.25) is 0 Å². The number of hydrogen-bond donors (Lipinski definition) is 1. The maximum absolute atomic E-state index is 5.25. The van der Waals surface area contributed by atoms with Crippen molar-refractivity contribution in [3.63, 3.8) is 0 Å². The second-order valence-electron chi connectivity index (χ2n) is 2.04. The number of nitrogens with two attached hydrogens (primary N) is 1. The lowest BCUT2D eigenvalue weighted by Crippen LogP contribution is -1.85. The van der Waals surface area contributed by atoms with Gasteiger partial charge >= 0.3 is 0 Å². The molecule has 0 aliphatic rings. The van der Waals surface area contributed by atoms with Crippen LogP contribution >= 0.6 is 0 Å². The average Bonchev–Trinajstić information content (AvgIpc) is 2.08. The van der Waals surface area contributed by atoms with Crippen LogP contribution in [0.15, 0.2) is 24.4 Å². The monoisotopic (exact) mass is 168 g/mol. The quantitative estimate of drug-likeness (QED) is 0.731. The fraction of sp³-hybridized carbons (Fsp3) is 0.444. The van der Waals surface area contributed by atoms with E-state index in [9.17, 15) is 0 Å². The fourth-order valence-corrected chi connectivity index (χ4v) is 0.580. The summed E-state index contributed by atoms with van der Waals surface area (Å²) in [6, 6.07) is 5.43. The molecule has 0 aromatic carbocycles. The van der Waals surface area contributed by atoms with Gasteiger partial charge in [-0.05, 0) is 26.0 Å². The number of aromatic nitrogens is 1. The number of pyridine rings is 1. The van der Waals surface area contributed by atoms with Crippen molar-refractivity contribution in [3.8, 4) is 0 Å². The molecule has 0 bridgehead atoms. The molecule has 0 spiro atoms. The molecule has 1 aromatic heterocycles. The summed E-state index contributed by atoms with van der Waals surface area (Å²) in [5.74, 6) is 0.572. The van der Waals surface area contributed by atoms with Crippen LogP contribution in [0.25, 0.3) is 0 Å². The van der Waals surface area contributed by atoms with Crippen LogP contribution in [0.3, 0.4) is 0 Å². The highest BCUT2D eigenvalue weighted by molar-refractivity contribution is 5.25. The Balaban J connectivity index is 0.000000217. The molecular formula is C9H16N2O. The minimum Gasteiger partial charge on any atom is -0.384 e. The van der Waals surface area contributed by atoms with Crippen LogP contribution in [-0.4, -0.2) is 18.2 Å². The molecule has 0 saturated heterocycles. The Morgan fingerprint density at radius 1 is 1.33 bits per heavy atom. The van der Waals surface area contributed by atoms with Gasteiger partial charge in [-0.3, -0.25) is 0 Å². The van der Waals surface area contributed by atoms with Gasteiger partial charge in [-0.2, -0.15) is 0 Å². The second-order valence-corrected chi connectivity index (χ2v) is 2.04. The molecule has 1 aromatic rings. The van der Waals surface area contributed by atoms with E-state index in [0.717, 1.165) is 13.2 Å². The maximum Gasteiger partial charge on any atom is 0.123 e. The van der Waals surface area contributed by atoms with Crippen LogP contribution in [0.1, 0.15) is 13.8 Å². The summed E-state index contributed by atoms with van der Waals surface area (Å²) < 4.78 is 4.83. The molecule has 2 N–H and O–H groups in total. The highest BCUT2D eigenvalue weighted by Crippen LogP contribution is 1.89. The number of nitrogen functional groups attached to an aromatic ring is 1. The lowest BCUT2D eigenvalue weighted by molar-refractivity contribution is 0.162. The van der Waals surface area contributed by atoms with Crippen molar-refractivity contribution in [2.75, 3.05) is 18.9 Å². The Bertz CT molecular complexity index is 175. The molecule has 0 amide bonds. The van der Waals surface area contributed by atoms with Gasteiger partial charge in [-0.25, -0.2) is 4.98 Å². The molecule has 0 aliphatic heterocycles. The van der Waals surface area contributed by atoms with E-state index in [1.165, 1.54) is 0 Å². The summed E-state index contributed by atoms with van der Waals surface area (Å²) >= 11 is 0. The first-order valence-corrected chi connectivity index (χ1v) is 4.05. The Morgan fingerprint density at radius 3 is 2.17 bits per heavy atom. The number of rotatable bonds is 2. The molecular weight excluding hydrogens is 152 g/mol. The number of ether oxygens (including phenoxy) is 1. The Morgan fingerprint density at radius 2 is 2.00 bits per heavy atom. The Kier molecular flexibility index (Phi) is 7.28. The van der Waals surface area contributed by atoms with Gasteiger partial charge < -0.3 is 10.5 Å². The molecule has 0 unspecified atom stereocenters. The summed E-state index contributed by atoms with van der Waals surface area (Å²) in [5.41, 5.74) is 5.25. The largest absolute Gasteiger partial charge is 0.384 e. The molecule has 0 fully saturated rings. The van der Waals surface area contributed by atoms with Gasteiger partial charge in [-0.15, -0.1) is 0 Å². The van der Waals surface area contributed by atoms with E-state index >= 15 is 0 Å². The van der Waals surface area contributed by atoms with E-state index in [1.54, 1.807) is 12.3 Å². The summed E-state index contributed by atoms with van der Waals surface area (Å²) in [7, 11) is 0. The van der Waals surface area contributed by atoms with Gasteiger partial charge in [0.25, 0.3) is 0 Å². The summed E-state index contributed by atoms with van der Waals surface area (Å²) in [6.07, 6.45) is 1.66. The Labute approximate surface area is 73.6 Å². The highest BCUT2D eigenvalue weighted by atomic mass is 16.5. The molecule has 3 heteroatoms. The molecule has 12 heavy (non-hydrogen) atoms. The van der Waals surface area contributed by atoms with Crippen LogP contribution < -0.4 is 5.73 Å². The molecule has 1 heterocycles. The van der Waals surface area contributed by atoms with Crippen molar-refractivity contribution in [1.29, 1.82) is 0 Å². The minimum atomic E-state index is 0.572. The highest BCUT2D eigenvalue weighted by Gasteiger charge is 1.73. The first-order chi connectivity index (χ1) is 5.81. The molecule has 3 nitrogen and oxygen atoms in total. The predicted molar refractivity (Wildman–Crippen MR) is 50.8 cm³/mol. The molecule has 0 radical (unpaired) electrons. The van der Waals surface area contributed by atoms with Crippen molar-refractivity contribution in [3.05, 3.63) is 24.4 Å². The van der Waals surface area contributed by atoms with Crippen molar-refractivity contribution in [1.82, 2.24) is 4.98 Å². The smallest absolute Gasteiger partial charge is 0.123 e. The minimum absolute atomic E-state index is 0.572. The third-order valence-electron chi connectivity index (χ3n) is 1.10. The van der Waals surface area contributed by atoms with Gasteiger partial charge in [0.05, 0.1) is 0 Å². The zero-order valence-corrected chi connectivity index (χ0v) is 7.66. The maximum atomic E-state index is 5.25. The SMILES string of the molecule is CCOCC.Nc1ccccn1. The van der Waals surface area contributed by atoms with Gasteiger partial charge in [0.1, 0.15) is 5.82 Å². The second kappa shape index (κ2) is 8.01. The third kappa shape index (κ3) is 7.02. The van der Waals surface area contributed by atoms with Crippen molar-refractivity contribution < 1.29 is 4.74 Å². The molecule has 68 valence electrons. The molecule has 0 saturated carbocycles. The summed E-state index contributed by atoms with van der Waals surface area (Å²) in [6.45, 7) is 5.67. The molecule has 1 rings (SSSR count). The lowest BCUT2D eigenvalue weighted by atomic mass is 10.5. The van der Waals surface area contributed by atoms with Crippen molar-refractivity contribution >= 4 is 5.82 Å². The van der Waals surface area contributed by atoms with E-state index < -0.39 is 0 Å². The van der Waals surface area contributed by atoms with Crippen LogP contribution in [-0.2, 0) is 4.74 Å². The Hall–Kier alpha value is -1.09. The van der Waals surface area contributed by atoms with Crippen LogP contribution in [0, 0.1) is 0 Å². The van der Waals surface area contributed by atoms with Gasteiger partial charge in [-0.1, -0.05) is 6.07 Å². The van der Waals surface area contributed by atoms with Crippen LogP contribution in [0.4, 0.5) is 5.82 Å². The third-order valence-corrected chi connectivity index (χ3v) is 1.10. The molecule has 0 atom stereocenters.